The molecule has 0 aliphatic heterocycles. The van der Waals surface area contributed by atoms with Crippen LogP contribution in [-0.2, 0) is 0 Å². The van der Waals surface area contributed by atoms with Crippen LogP contribution in [0.2, 0.25) is 0 Å². The minimum Gasteiger partial charge on any atom is -0.365 e. The summed E-state index contributed by atoms with van der Waals surface area (Å²) in [4.78, 5) is 18.0. The second-order valence-electron chi connectivity index (χ2n) is 8.44. The summed E-state index contributed by atoms with van der Waals surface area (Å²) in [7, 11) is 0. The topological polar surface area (TPSA) is 84.2 Å². The van der Waals surface area contributed by atoms with Crippen molar-refractivity contribution in [2.24, 2.45) is 0 Å². The van der Waals surface area contributed by atoms with E-state index in [4.69, 9.17) is 4.98 Å². The second kappa shape index (κ2) is 7.97. The molecule has 2 fully saturated rings. The van der Waals surface area contributed by atoms with Crippen LogP contribution in [0.5, 0.6) is 0 Å². The van der Waals surface area contributed by atoms with Crippen LogP contribution in [0.1, 0.15) is 74.7 Å². The molecule has 0 radical (unpaired) electrons. The lowest BCUT2D eigenvalue weighted by Gasteiger charge is -2.24. The van der Waals surface area contributed by atoms with Gasteiger partial charge in [0.2, 0.25) is 0 Å². The molecule has 0 unspecified atom stereocenters. The predicted octanol–water partition coefficient (Wildman–Crippen LogP) is 4.08. The van der Waals surface area contributed by atoms with Gasteiger partial charge in [0.1, 0.15) is 5.52 Å². The molecule has 0 spiro atoms. The fourth-order valence-electron chi connectivity index (χ4n) is 4.77. The molecule has 0 saturated heterocycles. The molecule has 2 saturated carbocycles. The van der Waals surface area contributed by atoms with Gasteiger partial charge in [-0.25, -0.2) is 9.50 Å². The molecule has 1 amide bonds. The molecule has 2 N–H and O–H groups in total. The van der Waals surface area contributed by atoms with Gasteiger partial charge in [0, 0.05) is 12.1 Å². The third-order valence-corrected chi connectivity index (χ3v) is 6.34. The zero-order valence-electron chi connectivity index (χ0n) is 16.7. The molecule has 2 heterocycles. The summed E-state index contributed by atoms with van der Waals surface area (Å²) in [5.41, 5.74) is 2.76. The van der Waals surface area contributed by atoms with E-state index in [1.807, 2.05) is 24.3 Å². The highest BCUT2D eigenvalue weighted by Gasteiger charge is 2.25. The molecule has 5 rings (SSSR count). The number of rotatable bonds is 4. The zero-order valence-corrected chi connectivity index (χ0v) is 16.7. The van der Waals surface area contributed by atoms with E-state index >= 15 is 0 Å². The Balaban J connectivity index is 1.55. The van der Waals surface area contributed by atoms with Gasteiger partial charge in [0.25, 0.3) is 5.91 Å². The fourth-order valence-corrected chi connectivity index (χ4v) is 4.77. The monoisotopic (exact) mass is 392 g/mol. The Morgan fingerprint density at radius 3 is 2.38 bits per heavy atom. The number of nitrogens with zero attached hydrogens (tertiary/aromatic N) is 4. The molecule has 7 heteroatoms. The highest BCUT2D eigenvalue weighted by atomic mass is 16.2. The Morgan fingerprint density at radius 2 is 1.62 bits per heavy atom. The molecular formula is C22H28N6O. The van der Waals surface area contributed by atoms with E-state index in [0.717, 1.165) is 42.5 Å². The number of anilines is 1. The van der Waals surface area contributed by atoms with Crippen molar-refractivity contribution in [1.82, 2.24) is 25.1 Å². The summed E-state index contributed by atoms with van der Waals surface area (Å²) < 4.78 is 1.77. The second-order valence-corrected chi connectivity index (χ2v) is 8.44. The van der Waals surface area contributed by atoms with Crippen molar-refractivity contribution in [3.8, 4) is 0 Å². The summed E-state index contributed by atoms with van der Waals surface area (Å²) in [6.07, 6.45) is 11.7. The van der Waals surface area contributed by atoms with Crippen LogP contribution in [0.4, 0.5) is 5.82 Å². The summed E-state index contributed by atoms with van der Waals surface area (Å²) in [6, 6.07) is 8.49. The lowest BCUT2D eigenvalue weighted by atomic mass is 9.95. The highest BCUT2D eigenvalue weighted by molar-refractivity contribution is 6.03. The fraction of sp³-hybridized carbons (Fsp3) is 0.545. The number of benzene rings is 1. The summed E-state index contributed by atoms with van der Waals surface area (Å²) >= 11 is 0. The number of aromatic nitrogens is 4. The first-order valence-corrected chi connectivity index (χ1v) is 11.0. The number of para-hydroxylation sites is 2. The number of hydrogen-bond acceptors (Lipinski definition) is 5. The lowest BCUT2D eigenvalue weighted by molar-refractivity contribution is 0.0924. The average Bonchev–Trinajstić information content (AvgIpc) is 3.21. The van der Waals surface area contributed by atoms with E-state index < -0.39 is 0 Å². The van der Waals surface area contributed by atoms with E-state index in [-0.39, 0.29) is 11.9 Å². The number of amides is 1. The van der Waals surface area contributed by atoms with Crippen molar-refractivity contribution in [2.75, 3.05) is 5.32 Å². The van der Waals surface area contributed by atoms with Gasteiger partial charge in [-0.3, -0.25) is 4.79 Å². The zero-order chi connectivity index (χ0) is 19.6. The van der Waals surface area contributed by atoms with E-state index in [9.17, 15) is 4.79 Å². The highest BCUT2D eigenvalue weighted by Crippen LogP contribution is 2.27. The quantitative estimate of drug-likeness (QED) is 0.699. The Hall–Kier alpha value is -2.70. The van der Waals surface area contributed by atoms with Crippen molar-refractivity contribution >= 4 is 28.3 Å². The van der Waals surface area contributed by atoms with E-state index in [1.165, 1.54) is 38.5 Å². The largest absolute Gasteiger partial charge is 0.365 e. The maximum absolute atomic E-state index is 13.1. The first-order valence-electron chi connectivity index (χ1n) is 11.0. The summed E-state index contributed by atoms with van der Waals surface area (Å²) in [5.74, 6) is 0.574. The van der Waals surface area contributed by atoms with Crippen LogP contribution < -0.4 is 10.6 Å². The van der Waals surface area contributed by atoms with Gasteiger partial charge < -0.3 is 10.6 Å². The van der Waals surface area contributed by atoms with Crippen molar-refractivity contribution in [3.63, 3.8) is 0 Å². The molecular weight excluding hydrogens is 364 g/mol. The van der Waals surface area contributed by atoms with Crippen LogP contribution in [0.25, 0.3) is 16.6 Å². The first-order chi connectivity index (χ1) is 14.3. The van der Waals surface area contributed by atoms with Gasteiger partial charge >= 0.3 is 0 Å². The van der Waals surface area contributed by atoms with Gasteiger partial charge in [-0.05, 0) is 37.8 Å². The Morgan fingerprint density at radius 1 is 0.931 bits per heavy atom. The predicted molar refractivity (Wildman–Crippen MR) is 113 cm³/mol. The van der Waals surface area contributed by atoms with E-state index in [1.54, 1.807) is 4.52 Å². The van der Waals surface area contributed by atoms with Crippen LogP contribution in [0, 0.1) is 0 Å². The molecule has 2 aromatic heterocycles. The molecule has 7 nitrogen and oxygen atoms in total. The third-order valence-electron chi connectivity index (χ3n) is 6.34. The van der Waals surface area contributed by atoms with Crippen LogP contribution in [0.3, 0.4) is 0 Å². The standard InChI is InChI=1S/C22H28N6O/c29-22(24-16-11-5-2-6-12-16)19-20-21(23-15-9-3-1-4-10-15)25-17-13-7-8-14-18(17)28(20)27-26-19/h7-8,13-16H,1-6,9-12H2,(H,23,25)(H,24,29). The smallest absolute Gasteiger partial charge is 0.274 e. The van der Waals surface area contributed by atoms with Crippen LogP contribution in [0.15, 0.2) is 24.3 Å². The van der Waals surface area contributed by atoms with Gasteiger partial charge in [-0.15, -0.1) is 5.10 Å². The number of hydrogen-bond donors (Lipinski definition) is 2. The van der Waals surface area contributed by atoms with Gasteiger partial charge in [0.15, 0.2) is 11.5 Å². The SMILES string of the molecule is O=C(NC1CCCCC1)c1nnn2c1c(NC1CCCCC1)nc1ccccc12. The number of carbonyl (C=O) groups excluding carboxylic acids is 1. The molecule has 29 heavy (non-hydrogen) atoms. The maximum Gasteiger partial charge on any atom is 0.274 e. The Bertz CT molecular complexity index is 1020. The average molecular weight is 393 g/mol. The normalized spacial score (nSPS) is 18.9. The van der Waals surface area contributed by atoms with Crippen LogP contribution >= 0.6 is 0 Å². The van der Waals surface area contributed by atoms with Gasteiger partial charge in [-0.2, -0.15) is 0 Å². The van der Waals surface area contributed by atoms with Crippen molar-refractivity contribution < 1.29 is 4.79 Å². The van der Waals surface area contributed by atoms with E-state index in [2.05, 4.69) is 20.9 Å². The number of carbonyl (C=O) groups is 1. The molecule has 3 aromatic rings. The molecule has 152 valence electrons. The van der Waals surface area contributed by atoms with Crippen LogP contribution in [-0.4, -0.2) is 37.8 Å². The number of fused-ring (bicyclic) bond motifs is 3. The third kappa shape index (κ3) is 3.66. The van der Waals surface area contributed by atoms with Gasteiger partial charge in [-0.1, -0.05) is 55.9 Å². The van der Waals surface area contributed by atoms with Crippen molar-refractivity contribution in [3.05, 3.63) is 30.0 Å². The molecule has 0 atom stereocenters. The number of nitrogens with one attached hydrogen (secondary N) is 2. The molecule has 1 aromatic carbocycles. The van der Waals surface area contributed by atoms with E-state index in [0.29, 0.717) is 17.3 Å². The summed E-state index contributed by atoms with van der Waals surface area (Å²) in [6.45, 7) is 0. The lowest BCUT2D eigenvalue weighted by Crippen LogP contribution is -2.36. The molecule has 2 aliphatic rings. The minimum absolute atomic E-state index is 0.143. The molecule has 2 aliphatic carbocycles. The maximum atomic E-state index is 13.1. The van der Waals surface area contributed by atoms with Crippen molar-refractivity contribution in [2.45, 2.75) is 76.3 Å². The minimum atomic E-state index is -0.143. The van der Waals surface area contributed by atoms with Crippen molar-refractivity contribution in [1.29, 1.82) is 0 Å². The summed E-state index contributed by atoms with van der Waals surface area (Å²) in [5, 5.41) is 15.4. The first kappa shape index (κ1) is 18.3. The Labute approximate surface area is 170 Å². The van der Waals surface area contributed by atoms with Gasteiger partial charge in [0.05, 0.1) is 11.0 Å². The molecule has 0 bridgehead atoms. The Kier molecular flexibility index (Phi) is 5.04.